The lowest BCUT2D eigenvalue weighted by Gasteiger charge is -2.24. The van der Waals surface area contributed by atoms with Crippen molar-refractivity contribution in [2.45, 2.75) is 90.1 Å². The number of benzene rings is 4. The molecule has 304 valence electrons. The molecule has 4 aromatic rings. The van der Waals surface area contributed by atoms with Crippen LogP contribution in [0.4, 0.5) is 10.5 Å². The topological polar surface area (TPSA) is 202 Å². The van der Waals surface area contributed by atoms with Gasteiger partial charge >= 0.3 is 18.0 Å². The lowest BCUT2D eigenvalue weighted by Crippen LogP contribution is -2.53. The van der Waals surface area contributed by atoms with E-state index in [0.29, 0.717) is 11.1 Å². The van der Waals surface area contributed by atoms with Crippen molar-refractivity contribution in [1.29, 1.82) is 5.26 Å². The molecule has 4 rings (SSSR count). The van der Waals surface area contributed by atoms with Gasteiger partial charge in [-0.05, 0) is 93.8 Å². The minimum Gasteiger partial charge on any atom is -0.467 e. The Balaban J connectivity index is 1.55. The smallest absolute Gasteiger partial charge is 0.408 e. The first kappa shape index (κ1) is 44.0. The highest BCUT2D eigenvalue weighted by molar-refractivity contribution is 6.02. The summed E-state index contributed by atoms with van der Waals surface area (Å²) in [5, 5.41) is 21.5. The fraction of sp³-hybridized carbons (Fsp3) is 0.341. The summed E-state index contributed by atoms with van der Waals surface area (Å²) in [6.07, 6.45) is -1.29. The van der Waals surface area contributed by atoms with Gasteiger partial charge in [-0.25, -0.2) is 9.59 Å². The van der Waals surface area contributed by atoms with Gasteiger partial charge in [-0.2, -0.15) is 5.26 Å². The molecule has 0 fully saturated rings. The van der Waals surface area contributed by atoms with Gasteiger partial charge < -0.3 is 35.5 Å². The van der Waals surface area contributed by atoms with E-state index in [1.54, 1.807) is 65.8 Å². The maximum absolute atomic E-state index is 13.9. The summed E-state index contributed by atoms with van der Waals surface area (Å²) in [6, 6.07) is 23.8. The van der Waals surface area contributed by atoms with Crippen LogP contribution in [0.25, 0.3) is 10.8 Å². The first-order valence-corrected chi connectivity index (χ1v) is 18.6. The molecule has 0 radical (unpaired) electrons. The number of nitrogens with zero attached hydrogens (tertiary/aromatic N) is 1. The zero-order valence-corrected chi connectivity index (χ0v) is 33.6. The van der Waals surface area contributed by atoms with Gasteiger partial charge in [-0.3, -0.25) is 19.2 Å². The van der Waals surface area contributed by atoms with Crippen molar-refractivity contribution in [1.82, 2.24) is 16.0 Å². The number of anilines is 1. The number of alkyl carbamates (subject to hydrolysis) is 1. The zero-order valence-electron chi connectivity index (χ0n) is 33.6. The summed E-state index contributed by atoms with van der Waals surface area (Å²) >= 11 is 0. The highest BCUT2D eigenvalue weighted by Gasteiger charge is 2.32. The summed E-state index contributed by atoms with van der Waals surface area (Å²) < 4.78 is 15.8. The Morgan fingerprint density at radius 3 is 2.00 bits per heavy atom. The molecular weight excluding hydrogens is 743 g/mol. The zero-order chi connectivity index (χ0) is 42.6. The molecule has 58 heavy (non-hydrogen) atoms. The van der Waals surface area contributed by atoms with E-state index in [2.05, 4.69) is 21.3 Å². The molecule has 4 amide bonds. The lowest BCUT2D eigenvalue weighted by molar-refractivity contribution is -0.156. The normalized spacial score (nSPS) is 12.8. The van der Waals surface area contributed by atoms with Crippen molar-refractivity contribution in [2.24, 2.45) is 0 Å². The molecule has 0 heterocycles. The Kier molecular flexibility index (Phi) is 14.7. The molecule has 4 N–H and O–H groups in total. The van der Waals surface area contributed by atoms with E-state index in [0.717, 1.165) is 16.3 Å². The number of amides is 4. The quantitative estimate of drug-likeness (QED) is 0.0931. The van der Waals surface area contributed by atoms with Crippen LogP contribution in [-0.4, -0.2) is 72.2 Å². The van der Waals surface area contributed by atoms with E-state index in [1.807, 2.05) is 48.5 Å². The Morgan fingerprint density at radius 2 is 1.34 bits per heavy atom. The molecule has 14 nitrogen and oxygen atoms in total. The van der Waals surface area contributed by atoms with Gasteiger partial charge in [0.05, 0.1) is 25.2 Å². The fourth-order valence-corrected chi connectivity index (χ4v) is 5.88. The van der Waals surface area contributed by atoms with E-state index in [-0.39, 0.29) is 24.1 Å². The molecule has 0 spiro atoms. The van der Waals surface area contributed by atoms with Crippen LogP contribution in [0.15, 0.2) is 91.0 Å². The van der Waals surface area contributed by atoms with Crippen LogP contribution in [0.2, 0.25) is 0 Å². The number of hydrogen-bond donors (Lipinski definition) is 4. The molecule has 0 aromatic heterocycles. The number of esters is 2. The van der Waals surface area contributed by atoms with Crippen LogP contribution < -0.4 is 21.3 Å². The van der Waals surface area contributed by atoms with Crippen molar-refractivity contribution < 1.29 is 43.0 Å². The van der Waals surface area contributed by atoms with Gasteiger partial charge in [-0.1, -0.05) is 60.7 Å². The third-order valence-corrected chi connectivity index (χ3v) is 8.44. The molecule has 0 aliphatic rings. The van der Waals surface area contributed by atoms with E-state index < -0.39 is 71.5 Å². The second kappa shape index (κ2) is 19.4. The summed E-state index contributed by atoms with van der Waals surface area (Å²) in [5.41, 5.74) is 0.316. The van der Waals surface area contributed by atoms with Gasteiger partial charge in [0.1, 0.15) is 29.3 Å². The molecule has 0 bridgehead atoms. The maximum Gasteiger partial charge on any atom is 0.408 e. The van der Waals surface area contributed by atoms with Crippen LogP contribution in [0, 0.1) is 11.3 Å². The number of nitriles is 1. The Bertz CT molecular complexity index is 2180. The summed E-state index contributed by atoms with van der Waals surface area (Å²) in [6.45, 7) is 10.0. The van der Waals surface area contributed by atoms with E-state index >= 15 is 0 Å². The highest BCUT2D eigenvalue weighted by Crippen LogP contribution is 2.21. The Morgan fingerprint density at radius 1 is 0.690 bits per heavy atom. The summed E-state index contributed by atoms with van der Waals surface area (Å²) in [4.78, 5) is 80.0. The molecular formula is C44H49N5O9. The second-order valence-corrected chi connectivity index (χ2v) is 15.5. The van der Waals surface area contributed by atoms with Crippen LogP contribution >= 0.6 is 0 Å². The predicted molar refractivity (Wildman–Crippen MR) is 216 cm³/mol. The standard InChI is InChI=1S/C44H49N5O9/c1-43(2,3)57-37(50)25-35(40(53)48-36(41(54)56-7)24-30-14-10-13-29-12-8-9-17-33(29)30)47-38(51)31-15-11-16-32(23-31)46-39(52)34(49-42(55)58-44(4,5)6)22-27-18-20-28(26-45)21-19-27/h8-21,23,34-36H,22,24-25H2,1-7H3,(H,46,52)(H,47,51)(H,48,53)(H,49,55)/t34-,35-,36-/m0/s1. The van der Waals surface area contributed by atoms with Gasteiger partial charge in [0.15, 0.2) is 0 Å². The summed E-state index contributed by atoms with van der Waals surface area (Å²) in [7, 11) is 1.19. The van der Waals surface area contributed by atoms with Crippen molar-refractivity contribution in [3.63, 3.8) is 0 Å². The molecule has 4 aromatic carbocycles. The van der Waals surface area contributed by atoms with Gasteiger partial charge in [0.25, 0.3) is 5.91 Å². The predicted octanol–water partition coefficient (Wildman–Crippen LogP) is 5.52. The largest absolute Gasteiger partial charge is 0.467 e. The average Bonchev–Trinajstić information content (AvgIpc) is 3.15. The minimum atomic E-state index is -1.49. The minimum absolute atomic E-state index is 0.0174. The van der Waals surface area contributed by atoms with Crippen LogP contribution in [0.3, 0.4) is 0 Å². The first-order chi connectivity index (χ1) is 27.3. The number of fused-ring (bicyclic) bond motifs is 1. The number of hydrogen-bond acceptors (Lipinski definition) is 10. The molecule has 14 heteroatoms. The molecule has 0 saturated carbocycles. The molecule has 3 atom stereocenters. The molecule has 0 saturated heterocycles. The number of carbonyl (C=O) groups is 6. The van der Waals surface area contributed by atoms with Crippen molar-refractivity contribution in [3.8, 4) is 6.07 Å². The van der Waals surface area contributed by atoms with Gasteiger partial charge in [0, 0.05) is 24.1 Å². The van der Waals surface area contributed by atoms with Gasteiger partial charge in [0.2, 0.25) is 11.8 Å². The molecule has 0 aliphatic carbocycles. The number of rotatable bonds is 14. The third kappa shape index (κ3) is 13.5. The number of nitrogens with one attached hydrogen (secondary N) is 4. The maximum atomic E-state index is 13.9. The fourth-order valence-electron chi connectivity index (χ4n) is 5.88. The van der Waals surface area contributed by atoms with Crippen molar-refractivity contribution >= 4 is 52.2 Å². The lowest BCUT2D eigenvalue weighted by atomic mass is 9.98. The SMILES string of the molecule is COC(=O)[C@H](Cc1cccc2ccccc12)NC(=O)[C@H](CC(=O)OC(C)(C)C)NC(=O)c1cccc(NC(=O)[C@H](Cc2ccc(C#N)cc2)NC(=O)OC(C)(C)C)c1. The van der Waals surface area contributed by atoms with Crippen LogP contribution in [0.5, 0.6) is 0 Å². The van der Waals surface area contributed by atoms with E-state index in [4.69, 9.17) is 14.2 Å². The Hall–Kier alpha value is -6.75. The second-order valence-electron chi connectivity index (χ2n) is 15.5. The van der Waals surface area contributed by atoms with Crippen LogP contribution in [-0.2, 0) is 46.2 Å². The molecule has 0 aliphatic heterocycles. The third-order valence-electron chi connectivity index (χ3n) is 8.44. The number of carbonyl (C=O) groups excluding carboxylic acids is 6. The van der Waals surface area contributed by atoms with Gasteiger partial charge in [-0.15, -0.1) is 0 Å². The van der Waals surface area contributed by atoms with Crippen molar-refractivity contribution in [2.75, 3.05) is 12.4 Å². The van der Waals surface area contributed by atoms with Crippen LogP contribution in [0.1, 0.15) is 75.0 Å². The first-order valence-electron chi connectivity index (χ1n) is 18.6. The highest BCUT2D eigenvalue weighted by atomic mass is 16.6. The summed E-state index contributed by atoms with van der Waals surface area (Å²) in [5.74, 6) is -3.74. The Labute approximate surface area is 337 Å². The molecule has 0 unspecified atom stereocenters. The van der Waals surface area contributed by atoms with E-state index in [9.17, 15) is 34.0 Å². The monoisotopic (exact) mass is 791 g/mol. The van der Waals surface area contributed by atoms with E-state index in [1.165, 1.54) is 31.4 Å². The number of methoxy groups -OCH3 is 1. The van der Waals surface area contributed by atoms with Crippen molar-refractivity contribution in [3.05, 3.63) is 113 Å². The average molecular weight is 792 g/mol. The number of ether oxygens (including phenoxy) is 3.